The first-order valence-electron chi connectivity index (χ1n) is 18.9. The molecule has 0 unspecified atom stereocenters. The van der Waals surface area contributed by atoms with Crippen LogP contribution in [0.25, 0.3) is 43.6 Å². The van der Waals surface area contributed by atoms with Gasteiger partial charge in [-0.2, -0.15) is 8.78 Å². The Morgan fingerprint density at radius 3 is 2.24 bits per heavy atom. The average molecular weight is 697 g/mol. The number of hydrogen-bond donors (Lipinski definition) is 1. The van der Waals surface area contributed by atoms with Crippen molar-refractivity contribution < 1.29 is 15.0 Å². The summed E-state index contributed by atoms with van der Waals surface area (Å²) in [6.45, 7) is 9.07. The smallest absolute Gasteiger partial charge is 0.319 e. The highest BCUT2D eigenvalue weighted by molar-refractivity contribution is 6.08. The quantitative estimate of drug-likeness (QED) is 0.172. The Morgan fingerprint density at radius 1 is 0.804 bits per heavy atom. The van der Waals surface area contributed by atoms with Crippen LogP contribution in [0.4, 0.5) is 8.78 Å². The lowest BCUT2D eigenvalue weighted by Crippen LogP contribution is -2.37. The number of carbonyl (C=O) groups excluding carboxylic acids is 1. The van der Waals surface area contributed by atoms with Gasteiger partial charge in [-0.05, 0) is 106 Å². The number of halogens is 2. The summed E-state index contributed by atoms with van der Waals surface area (Å²) in [5, 5.41) is 3.98. The van der Waals surface area contributed by atoms with Crippen LogP contribution < -0.4 is 0 Å². The number of H-pyrrole nitrogens is 1. The van der Waals surface area contributed by atoms with E-state index >= 15 is 0 Å². The van der Waals surface area contributed by atoms with E-state index in [4.69, 9.17) is 0 Å². The van der Waals surface area contributed by atoms with E-state index in [1.54, 1.807) is 24.7 Å². The predicted molar refractivity (Wildman–Crippen MR) is 207 cm³/mol. The minimum Gasteiger partial charge on any atom is -0.354 e. The van der Waals surface area contributed by atoms with Crippen molar-refractivity contribution in [3.8, 4) is 0 Å². The fourth-order valence-corrected chi connectivity index (χ4v) is 7.61. The van der Waals surface area contributed by atoms with Crippen LogP contribution in [0, 0.1) is 5.92 Å². The lowest BCUT2D eigenvalue weighted by Gasteiger charge is -2.30. The second-order valence-corrected chi connectivity index (χ2v) is 13.9. The summed E-state index contributed by atoms with van der Waals surface area (Å²) in [4.78, 5) is 28.7. The largest absolute Gasteiger partial charge is 0.354 e. The van der Waals surface area contributed by atoms with Crippen LogP contribution in [0.15, 0.2) is 73.3 Å². The van der Waals surface area contributed by atoms with Crippen LogP contribution in [-0.2, 0) is 17.6 Å². The number of alkyl halides is 2. The minimum absolute atomic E-state index is 0. The van der Waals surface area contributed by atoms with Crippen molar-refractivity contribution in [1.29, 1.82) is 0 Å². The Balaban J connectivity index is 0.000000189. The van der Waals surface area contributed by atoms with Gasteiger partial charge in [0.15, 0.2) is 0 Å². The molecule has 9 heteroatoms. The van der Waals surface area contributed by atoms with E-state index in [9.17, 15) is 13.6 Å². The lowest BCUT2D eigenvalue weighted by atomic mass is 9.98. The Morgan fingerprint density at radius 2 is 1.49 bits per heavy atom. The minimum atomic E-state index is -2.55. The van der Waals surface area contributed by atoms with Crippen LogP contribution in [0.5, 0.6) is 0 Å². The molecule has 2 aliphatic rings. The highest BCUT2D eigenvalue weighted by atomic mass is 19.3. The average Bonchev–Trinajstić information content (AvgIpc) is 3.71. The summed E-state index contributed by atoms with van der Waals surface area (Å²) in [5.41, 5.74) is 5.72. The van der Waals surface area contributed by atoms with E-state index < -0.39 is 6.55 Å². The van der Waals surface area contributed by atoms with Gasteiger partial charge in [0.05, 0.1) is 11.0 Å². The zero-order chi connectivity index (χ0) is 35.7. The molecule has 1 amide bonds. The Labute approximate surface area is 301 Å². The SMILES string of the molecule is CC.CC1CCN(C(=O)CCc2ccc3c(c2)[nH]c2ccncc23)CC1.FC(F)n1c2ccncc2c2ccc(CCCN3CCCCC3)cc21.[HH]. The second kappa shape index (κ2) is 17.2. The molecule has 8 rings (SSSR count). The molecule has 2 saturated heterocycles. The van der Waals surface area contributed by atoms with Crippen molar-refractivity contribution in [1.82, 2.24) is 29.3 Å². The number of fused-ring (bicyclic) bond motifs is 6. The van der Waals surface area contributed by atoms with Gasteiger partial charge in [0.25, 0.3) is 0 Å². The maximum absolute atomic E-state index is 13.6. The van der Waals surface area contributed by atoms with Crippen LogP contribution in [0.3, 0.4) is 0 Å². The molecule has 4 aromatic heterocycles. The number of carbonyl (C=O) groups is 1. The number of piperidine rings is 2. The van der Waals surface area contributed by atoms with Gasteiger partial charge in [-0.15, -0.1) is 0 Å². The van der Waals surface area contributed by atoms with Gasteiger partial charge in [0.2, 0.25) is 5.91 Å². The molecular formula is C42H54F2N6O. The number of likely N-dealkylation sites (tertiary alicyclic amines) is 2. The van der Waals surface area contributed by atoms with Crippen molar-refractivity contribution in [3.63, 3.8) is 0 Å². The van der Waals surface area contributed by atoms with Crippen molar-refractivity contribution in [3.05, 3.63) is 84.4 Å². The molecule has 6 aromatic rings. The highest BCUT2D eigenvalue weighted by Crippen LogP contribution is 2.33. The van der Waals surface area contributed by atoms with Gasteiger partial charge in [0.1, 0.15) is 0 Å². The Bertz CT molecular complexity index is 2040. The van der Waals surface area contributed by atoms with Gasteiger partial charge < -0.3 is 14.8 Å². The molecule has 0 bridgehead atoms. The normalized spacial score (nSPS) is 15.7. The molecule has 51 heavy (non-hydrogen) atoms. The van der Waals surface area contributed by atoms with Crippen molar-refractivity contribution in [2.75, 3.05) is 32.7 Å². The number of aryl methyl sites for hydroxylation is 2. The Hall–Kier alpha value is -4.37. The molecule has 6 heterocycles. The van der Waals surface area contributed by atoms with Crippen molar-refractivity contribution in [2.45, 2.75) is 85.1 Å². The maximum Gasteiger partial charge on any atom is 0.319 e. The number of pyridine rings is 2. The lowest BCUT2D eigenvalue weighted by molar-refractivity contribution is -0.132. The standard InChI is InChI=1S/C20H23F2N3.C20H23N3O.C2H6.H2/c21-20(22)25-18-8-9-23-14-17(18)16-7-6-15(13-19(16)25)5-4-12-24-10-2-1-3-11-24;1-14-7-10-23(11-8-14)20(24)5-3-15-2-4-16-17-13-21-9-6-18(17)22-19(16)12-15;1-2;/h6-9,13-14,20H,1-5,10-12H2;2,4,6,9,12-14,22H,3,5,7-8,10-11H2,1H3;1-2H3;1H. The number of nitrogens with zero attached hydrogens (tertiary/aromatic N) is 5. The third kappa shape index (κ3) is 8.58. The number of hydrogen-bond acceptors (Lipinski definition) is 4. The first-order valence-corrected chi connectivity index (χ1v) is 18.9. The van der Waals surface area contributed by atoms with Gasteiger partial charge in [-0.25, -0.2) is 0 Å². The highest BCUT2D eigenvalue weighted by Gasteiger charge is 2.20. The number of aromatic amines is 1. The fraction of sp³-hybridized carbons (Fsp3) is 0.452. The van der Waals surface area contributed by atoms with E-state index in [0.717, 1.165) is 95.0 Å². The van der Waals surface area contributed by atoms with Gasteiger partial charge >= 0.3 is 6.55 Å². The van der Waals surface area contributed by atoms with Crippen LogP contribution in [0.1, 0.15) is 84.8 Å². The second-order valence-electron chi connectivity index (χ2n) is 13.9. The number of aromatic nitrogens is 4. The molecular weight excluding hydrogens is 642 g/mol. The first kappa shape index (κ1) is 36.4. The first-order chi connectivity index (χ1) is 24.9. The maximum atomic E-state index is 13.6. The number of benzene rings is 2. The number of amides is 1. The molecule has 0 spiro atoms. The predicted octanol–water partition coefficient (Wildman–Crippen LogP) is 10.2. The molecule has 0 saturated carbocycles. The summed E-state index contributed by atoms with van der Waals surface area (Å²) in [5.74, 6) is 1.05. The topological polar surface area (TPSA) is 70.0 Å². The van der Waals surface area contributed by atoms with Gasteiger partial charge in [-0.3, -0.25) is 19.3 Å². The zero-order valence-corrected chi connectivity index (χ0v) is 30.4. The fourth-order valence-electron chi connectivity index (χ4n) is 7.61. The molecule has 2 aliphatic heterocycles. The molecule has 1 N–H and O–H groups in total. The van der Waals surface area contributed by atoms with E-state index in [1.165, 1.54) is 43.3 Å². The molecule has 7 nitrogen and oxygen atoms in total. The summed E-state index contributed by atoms with van der Waals surface area (Å²) in [6.07, 6.45) is 16.6. The van der Waals surface area contributed by atoms with Crippen molar-refractivity contribution >= 4 is 49.5 Å². The van der Waals surface area contributed by atoms with Crippen LogP contribution in [0.2, 0.25) is 0 Å². The van der Waals surface area contributed by atoms with Crippen LogP contribution >= 0.6 is 0 Å². The number of rotatable bonds is 8. The Kier molecular flexibility index (Phi) is 12.3. The zero-order valence-electron chi connectivity index (χ0n) is 30.4. The molecule has 0 atom stereocenters. The molecule has 0 radical (unpaired) electrons. The van der Waals surface area contributed by atoms with E-state index in [-0.39, 0.29) is 1.43 Å². The molecule has 2 fully saturated rings. The van der Waals surface area contributed by atoms with Gasteiger partial charge in [-0.1, -0.05) is 51.5 Å². The third-order valence-electron chi connectivity index (χ3n) is 10.5. The molecule has 0 aliphatic carbocycles. The molecule has 272 valence electrons. The van der Waals surface area contributed by atoms with E-state index in [0.29, 0.717) is 23.4 Å². The monoisotopic (exact) mass is 696 g/mol. The van der Waals surface area contributed by atoms with Gasteiger partial charge in [0, 0.05) is 78.3 Å². The van der Waals surface area contributed by atoms with E-state index in [2.05, 4.69) is 51.0 Å². The third-order valence-corrected chi connectivity index (χ3v) is 10.5. The molecule has 2 aromatic carbocycles. The summed E-state index contributed by atoms with van der Waals surface area (Å²) in [7, 11) is 0. The summed E-state index contributed by atoms with van der Waals surface area (Å²) < 4.78 is 28.4. The van der Waals surface area contributed by atoms with E-state index in [1.807, 2.05) is 43.1 Å². The van der Waals surface area contributed by atoms with Crippen LogP contribution in [-0.4, -0.2) is 67.9 Å². The summed E-state index contributed by atoms with van der Waals surface area (Å²) in [6, 6.07) is 16.1. The summed E-state index contributed by atoms with van der Waals surface area (Å²) >= 11 is 0. The number of nitrogens with one attached hydrogen (secondary N) is 1. The van der Waals surface area contributed by atoms with Crippen molar-refractivity contribution in [2.24, 2.45) is 5.92 Å².